The second-order valence-electron chi connectivity index (χ2n) is 3.83. The highest BCUT2D eigenvalue weighted by Crippen LogP contribution is 2.15. The summed E-state index contributed by atoms with van der Waals surface area (Å²) in [6.45, 7) is 5.76. The molecule has 1 aromatic rings. The van der Waals surface area contributed by atoms with Gasteiger partial charge in [0.1, 0.15) is 11.6 Å². The third kappa shape index (κ3) is 3.38. The number of nitrogens with zero attached hydrogens (tertiary/aromatic N) is 2. The number of methoxy groups -OCH3 is 1. The molecule has 4 nitrogen and oxygen atoms in total. The fourth-order valence-electron chi connectivity index (χ4n) is 1.48. The van der Waals surface area contributed by atoms with Crippen molar-refractivity contribution < 1.29 is 4.74 Å². The number of hydrogen-bond acceptors (Lipinski definition) is 4. The lowest BCUT2D eigenvalue weighted by atomic mass is 10.3. The van der Waals surface area contributed by atoms with E-state index in [9.17, 15) is 0 Å². The number of rotatable bonds is 6. The number of nitrogens with one attached hydrogen (secondary N) is 1. The number of hydrogen-bond donors (Lipinski definition) is 1. The quantitative estimate of drug-likeness (QED) is 0.800. The van der Waals surface area contributed by atoms with E-state index in [0.717, 1.165) is 18.2 Å². The van der Waals surface area contributed by atoms with Gasteiger partial charge in [-0.1, -0.05) is 6.07 Å². The first-order valence-electron chi connectivity index (χ1n) is 5.61. The van der Waals surface area contributed by atoms with Crippen molar-refractivity contribution in [2.45, 2.75) is 19.9 Å². The Labute approximate surface area is 97.6 Å². The molecule has 0 saturated carbocycles. The van der Waals surface area contributed by atoms with Crippen LogP contribution in [0.5, 0.6) is 0 Å². The van der Waals surface area contributed by atoms with E-state index >= 15 is 0 Å². The smallest absolute Gasteiger partial charge is 0.131 e. The maximum Gasteiger partial charge on any atom is 0.131 e. The Morgan fingerprint density at radius 2 is 2.25 bits per heavy atom. The standard InChI is InChI=1S/C12H21N3O/c1-5-13-11-7-6-8-12(14-11)15(3)10(2)9-16-4/h6-8,10H,5,9H2,1-4H3,(H,13,14). The van der Waals surface area contributed by atoms with Crippen LogP contribution in [0.25, 0.3) is 0 Å². The molecule has 1 N–H and O–H groups in total. The molecule has 0 aliphatic rings. The van der Waals surface area contributed by atoms with Crippen LogP contribution >= 0.6 is 0 Å². The van der Waals surface area contributed by atoms with Crippen LogP contribution in [0.15, 0.2) is 18.2 Å². The van der Waals surface area contributed by atoms with E-state index in [0.29, 0.717) is 12.6 Å². The third-order valence-electron chi connectivity index (χ3n) is 2.52. The zero-order valence-electron chi connectivity index (χ0n) is 10.5. The molecule has 4 heteroatoms. The van der Waals surface area contributed by atoms with Gasteiger partial charge in [-0.05, 0) is 26.0 Å². The van der Waals surface area contributed by atoms with Crippen LogP contribution < -0.4 is 10.2 Å². The van der Waals surface area contributed by atoms with Gasteiger partial charge in [-0.2, -0.15) is 0 Å². The minimum Gasteiger partial charge on any atom is -0.383 e. The number of likely N-dealkylation sites (N-methyl/N-ethyl adjacent to an activating group) is 1. The third-order valence-corrected chi connectivity index (χ3v) is 2.52. The van der Waals surface area contributed by atoms with Crippen LogP contribution in [0, 0.1) is 0 Å². The van der Waals surface area contributed by atoms with E-state index in [1.165, 1.54) is 0 Å². The van der Waals surface area contributed by atoms with Gasteiger partial charge in [0, 0.05) is 20.7 Å². The Morgan fingerprint density at radius 3 is 2.88 bits per heavy atom. The van der Waals surface area contributed by atoms with Gasteiger partial charge < -0.3 is 15.0 Å². The molecule has 0 aliphatic heterocycles. The maximum atomic E-state index is 5.14. The molecule has 0 aliphatic carbocycles. The molecular formula is C12H21N3O. The zero-order chi connectivity index (χ0) is 12.0. The van der Waals surface area contributed by atoms with E-state index in [2.05, 4.69) is 29.0 Å². The topological polar surface area (TPSA) is 37.4 Å². The molecule has 0 fully saturated rings. The predicted molar refractivity (Wildman–Crippen MR) is 68.1 cm³/mol. The molecular weight excluding hydrogens is 202 g/mol. The predicted octanol–water partition coefficient (Wildman–Crippen LogP) is 1.98. The van der Waals surface area contributed by atoms with Crippen LogP contribution in [0.3, 0.4) is 0 Å². The Kier molecular flexibility index (Phi) is 5.05. The lowest BCUT2D eigenvalue weighted by Gasteiger charge is -2.25. The summed E-state index contributed by atoms with van der Waals surface area (Å²) in [6, 6.07) is 6.31. The SMILES string of the molecule is CCNc1cccc(N(C)C(C)COC)n1. The molecule has 16 heavy (non-hydrogen) atoms. The van der Waals surface area contributed by atoms with Crippen LogP contribution in [-0.2, 0) is 4.74 Å². The zero-order valence-corrected chi connectivity index (χ0v) is 10.5. The number of ether oxygens (including phenoxy) is 1. The Balaban J connectivity index is 2.74. The van der Waals surface area contributed by atoms with Gasteiger partial charge in [-0.15, -0.1) is 0 Å². The molecule has 1 atom stereocenters. The Bertz CT molecular complexity index is 317. The van der Waals surface area contributed by atoms with Crippen molar-refractivity contribution in [2.24, 2.45) is 0 Å². The summed E-state index contributed by atoms with van der Waals surface area (Å²) in [5.74, 6) is 1.87. The monoisotopic (exact) mass is 223 g/mol. The molecule has 0 aromatic carbocycles. The average molecular weight is 223 g/mol. The van der Waals surface area contributed by atoms with Crippen molar-refractivity contribution in [2.75, 3.05) is 37.5 Å². The second kappa shape index (κ2) is 6.33. The van der Waals surface area contributed by atoms with Gasteiger partial charge >= 0.3 is 0 Å². The molecule has 1 heterocycles. The van der Waals surface area contributed by atoms with Crippen molar-refractivity contribution in [3.63, 3.8) is 0 Å². The van der Waals surface area contributed by atoms with Gasteiger partial charge in [0.05, 0.1) is 12.6 Å². The first-order chi connectivity index (χ1) is 7.69. The van der Waals surface area contributed by atoms with Gasteiger partial charge in [0.2, 0.25) is 0 Å². The second-order valence-corrected chi connectivity index (χ2v) is 3.83. The summed E-state index contributed by atoms with van der Waals surface area (Å²) < 4.78 is 5.14. The number of pyridine rings is 1. The summed E-state index contributed by atoms with van der Waals surface area (Å²) in [4.78, 5) is 6.64. The van der Waals surface area contributed by atoms with Crippen molar-refractivity contribution in [3.8, 4) is 0 Å². The summed E-state index contributed by atoms with van der Waals surface area (Å²) >= 11 is 0. The van der Waals surface area contributed by atoms with Gasteiger partial charge in [0.15, 0.2) is 0 Å². The number of anilines is 2. The van der Waals surface area contributed by atoms with E-state index in [1.807, 2.05) is 25.2 Å². The maximum absolute atomic E-state index is 5.14. The van der Waals surface area contributed by atoms with Crippen molar-refractivity contribution in [1.82, 2.24) is 4.98 Å². The normalized spacial score (nSPS) is 12.2. The summed E-state index contributed by atoms with van der Waals surface area (Å²) in [5.41, 5.74) is 0. The van der Waals surface area contributed by atoms with Crippen LogP contribution in [0.2, 0.25) is 0 Å². The Hall–Kier alpha value is -1.29. The van der Waals surface area contributed by atoms with Crippen molar-refractivity contribution >= 4 is 11.6 Å². The molecule has 0 bridgehead atoms. The average Bonchev–Trinajstić information content (AvgIpc) is 2.29. The van der Waals surface area contributed by atoms with Crippen molar-refractivity contribution in [3.05, 3.63) is 18.2 Å². The largest absolute Gasteiger partial charge is 0.383 e. The van der Waals surface area contributed by atoms with Crippen LogP contribution in [0.1, 0.15) is 13.8 Å². The molecule has 1 unspecified atom stereocenters. The highest BCUT2D eigenvalue weighted by Gasteiger charge is 2.10. The molecule has 0 amide bonds. The first kappa shape index (κ1) is 12.8. The fraction of sp³-hybridized carbons (Fsp3) is 0.583. The minimum absolute atomic E-state index is 0.314. The van der Waals surface area contributed by atoms with Gasteiger partial charge in [-0.25, -0.2) is 4.98 Å². The summed E-state index contributed by atoms with van der Waals surface area (Å²) in [6.07, 6.45) is 0. The summed E-state index contributed by atoms with van der Waals surface area (Å²) in [5, 5.41) is 3.20. The minimum atomic E-state index is 0.314. The van der Waals surface area contributed by atoms with Gasteiger partial charge in [0.25, 0.3) is 0 Å². The van der Waals surface area contributed by atoms with Gasteiger partial charge in [-0.3, -0.25) is 0 Å². The molecule has 0 radical (unpaired) electrons. The Morgan fingerprint density at radius 1 is 1.50 bits per heavy atom. The molecule has 1 aromatic heterocycles. The lowest BCUT2D eigenvalue weighted by molar-refractivity contribution is 0.183. The lowest BCUT2D eigenvalue weighted by Crippen LogP contribution is -2.33. The highest BCUT2D eigenvalue weighted by molar-refractivity contribution is 5.47. The fourth-order valence-corrected chi connectivity index (χ4v) is 1.48. The molecule has 1 rings (SSSR count). The molecule has 0 saturated heterocycles. The summed E-state index contributed by atoms with van der Waals surface area (Å²) in [7, 11) is 3.74. The molecule has 90 valence electrons. The van der Waals surface area contributed by atoms with E-state index in [1.54, 1.807) is 7.11 Å². The first-order valence-corrected chi connectivity index (χ1v) is 5.61. The molecule has 0 spiro atoms. The van der Waals surface area contributed by atoms with E-state index in [-0.39, 0.29) is 0 Å². The van der Waals surface area contributed by atoms with Crippen LogP contribution in [0.4, 0.5) is 11.6 Å². The number of aromatic nitrogens is 1. The van der Waals surface area contributed by atoms with E-state index < -0.39 is 0 Å². The highest BCUT2D eigenvalue weighted by atomic mass is 16.5. The van der Waals surface area contributed by atoms with Crippen LogP contribution in [-0.4, -0.2) is 38.3 Å². The van der Waals surface area contributed by atoms with E-state index in [4.69, 9.17) is 4.74 Å². The van der Waals surface area contributed by atoms with Crippen molar-refractivity contribution in [1.29, 1.82) is 0 Å².